The molecule has 4 rings (SSSR count). The van der Waals surface area contributed by atoms with Gasteiger partial charge in [-0.1, -0.05) is 12.2 Å². The third-order valence-electron chi connectivity index (χ3n) is 5.84. The minimum absolute atomic E-state index is 0.132. The van der Waals surface area contributed by atoms with Crippen LogP contribution in [0.4, 0.5) is 5.69 Å². The molecule has 0 saturated carbocycles. The highest BCUT2D eigenvalue weighted by molar-refractivity contribution is 7.10. The van der Waals surface area contributed by atoms with E-state index in [1.165, 1.54) is 21.7 Å². The quantitative estimate of drug-likeness (QED) is 0.738. The highest BCUT2D eigenvalue weighted by atomic mass is 32.1. The fourth-order valence-corrected chi connectivity index (χ4v) is 5.44. The van der Waals surface area contributed by atoms with Crippen LogP contribution >= 0.6 is 11.3 Å². The van der Waals surface area contributed by atoms with Gasteiger partial charge in [-0.15, -0.1) is 11.3 Å². The van der Waals surface area contributed by atoms with Gasteiger partial charge in [0.15, 0.2) is 0 Å². The van der Waals surface area contributed by atoms with Gasteiger partial charge in [-0.25, -0.2) is 0 Å². The summed E-state index contributed by atoms with van der Waals surface area (Å²) in [6.07, 6.45) is 5.74. The van der Waals surface area contributed by atoms with E-state index in [0.717, 1.165) is 25.1 Å². The number of carbonyl (C=O) groups is 1. The number of thiophene rings is 1. The zero-order valence-electron chi connectivity index (χ0n) is 15.7. The normalized spacial score (nSPS) is 23.3. The summed E-state index contributed by atoms with van der Waals surface area (Å²) in [7, 11) is 0. The van der Waals surface area contributed by atoms with E-state index in [1.54, 1.807) is 0 Å². The van der Waals surface area contributed by atoms with Crippen molar-refractivity contribution >= 4 is 22.9 Å². The second-order valence-corrected chi connectivity index (χ2v) is 8.17. The Morgan fingerprint density at radius 2 is 2.08 bits per heavy atom. The maximum absolute atomic E-state index is 12.8. The van der Waals surface area contributed by atoms with Crippen LogP contribution in [-0.4, -0.2) is 23.9 Å². The van der Waals surface area contributed by atoms with Crippen molar-refractivity contribution in [1.29, 1.82) is 0 Å². The third-order valence-corrected chi connectivity index (χ3v) is 6.95. The highest BCUT2D eigenvalue weighted by Crippen LogP contribution is 2.51. The van der Waals surface area contributed by atoms with Crippen molar-refractivity contribution in [1.82, 2.24) is 4.90 Å². The maximum Gasteiger partial charge on any atom is 0.253 e. The third kappa shape index (κ3) is 2.77. The summed E-state index contributed by atoms with van der Waals surface area (Å²) in [6.45, 7) is 7.76. The summed E-state index contributed by atoms with van der Waals surface area (Å²) in [5.41, 5.74) is 4.62. The van der Waals surface area contributed by atoms with Gasteiger partial charge in [-0.3, -0.25) is 4.79 Å². The van der Waals surface area contributed by atoms with Crippen LogP contribution in [-0.2, 0) is 0 Å². The number of carbonyl (C=O) groups excluding carboxylic acids is 1. The SMILES string of the molecule is CCN(CC)C(=O)c1ccc2c(c1)C1C=CCC1C(c1sccc1C)N2. The summed E-state index contributed by atoms with van der Waals surface area (Å²) in [5, 5.41) is 5.97. The molecule has 0 bridgehead atoms. The lowest BCUT2D eigenvalue weighted by atomic mass is 9.78. The van der Waals surface area contributed by atoms with E-state index in [4.69, 9.17) is 0 Å². The number of benzene rings is 1. The Bertz CT molecular complexity index is 850. The molecule has 3 unspecified atom stereocenters. The molecule has 26 heavy (non-hydrogen) atoms. The van der Waals surface area contributed by atoms with Gasteiger partial charge in [0.1, 0.15) is 0 Å². The van der Waals surface area contributed by atoms with Gasteiger partial charge in [-0.05, 0) is 73.9 Å². The van der Waals surface area contributed by atoms with Crippen molar-refractivity contribution in [2.75, 3.05) is 18.4 Å². The summed E-state index contributed by atoms with van der Waals surface area (Å²) in [4.78, 5) is 16.1. The van der Waals surface area contributed by atoms with Gasteiger partial charge < -0.3 is 10.2 Å². The number of anilines is 1. The topological polar surface area (TPSA) is 32.3 Å². The summed E-state index contributed by atoms with van der Waals surface area (Å²) >= 11 is 1.85. The molecule has 0 radical (unpaired) electrons. The molecule has 136 valence electrons. The van der Waals surface area contributed by atoms with E-state index in [-0.39, 0.29) is 5.91 Å². The van der Waals surface area contributed by atoms with Crippen molar-refractivity contribution in [3.8, 4) is 0 Å². The number of hydrogen-bond donors (Lipinski definition) is 1. The number of hydrogen-bond acceptors (Lipinski definition) is 3. The van der Waals surface area contributed by atoms with Gasteiger partial charge >= 0.3 is 0 Å². The Labute approximate surface area is 159 Å². The van der Waals surface area contributed by atoms with Crippen LogP contribution in [0.2, 0.25) is 0 Å². The lowest BCUT2D eigenvalue weighted by Crippen LogP contribution is -2.32. The fourth-order valence-electron chi connectivity index (χ4n) is 4.38. The standard InChI is InChI=1S/C22H26N2OS/c1-4-24(5-2)22(25)15-9-10-19-18(13-15)16-7-6-8-17(16)20(23-19)21-14(3)11-12-26-21/h6-7,9-13,16-17,20,23H,4-5,8H2,1-3H3. The zero-order chi connectivity index (χ0) is 18.3. The molecular weight excluding hydrogens is 340 g/mol. The molecule has 4 heteroatoms. The van der Waals surface area contributed by atoms with Crippen LogP contribution in [0.15, 0.2) is 41.8 Å². The molecule has 1 aromatic carbocycles. The smallest absolute Gasteiger partial charge is 0.253 e. The van der Waals surface area contributed by atoms with Gasteiger partial charge in [0, 0.05) is 35.1 Å². The molecule has 2 heterocycles. The molecule has 1 N–H and O–H groups in total. The summed E-state index contributed by atoms with van der Waals surface area (Å²) < 4.78 is 0. The average molecular weight is 367 g/mol. The van der Waals surface area contributed by atoms with Crippen LogP contribution in [0, 0.1) is 12.8 Å². The number of rotatable bonds is 4. The molecule has 1 aliphatic carbocycles. The lowest BCUT2D eigenvalue weighted by molar-refractivity contribution is 0.0773. The Kier molecular flexibility index (Phi) is 4.62. The number of fused-ring (bicyclic) bond motifs is 3. The van der Waals surface area contributed by atoms with Crippen LogP contribution in [0.5, 0.6) is 0 Å². The van der Waals surface area contributed by atoms with Crippen LogP contribution < -0.4 is 5.32 Å². The molecule has 3 nitrogen and oxygen atoms in total. The Balaban J connectivity index is 1.71. The van der Waals surface area contributed by atoms with Gasteiger partial charge in [0.2, 0.25) is 0 Å². The first-order chi connectivity index (χ1) is 12.6. The van der Waals surface area contributed by atoms with E-state index in [2.05, 4.69) is 48.0 Å². The highest BCUT2D eigenvalue weighted by Gasteiger charge is 2.39. The predicted octanol–water partition coefficient (Wildman–Crippen LogP) is 5.37. The predicted molar refractivity (Wildman–Crippen MR) is 109 cm³/mol. The van der Waals surface area contributed by atoms with E-state index in [1.807, 2.05) is 36.2 Å². The Hall–Kier alpha value is -2.07. The monoisotopic (exact) mass is 366 g/mol. The number of aryl methyl sites for hydroxylation is 1. The fraction of sp³-hybridized carbons (Fsp3) is 0.409. The molecule has 0 spiro atoms. The van der Waals surface area contributed by atoms with Crippen LogP contribution in [0.1, 0.15) is 58.6 Å². The number of allylic oxidation sites excluding steroid dienone is 2. The van der Waals surface area contributed by atoms with Gasteiger partial charge in [0.05, 0.1) is 6.04 Å². The Morgan fingerprint density at radius 3 is 2.77 bits per heavy atom. The minimum atomic E-state index is 0.132. The van der Waals surface area contributed by atoms with Crippen molar-refractivity contribution in [2.45, 2.75) is 39.2 Å². The van der Waals surface area contributed by atoms with Crippen LogP contribution in [0.25, 0.3) is 0 Å². The van der Waals surface area contributed by atoms with Crippen molar-refractivity contribution in [3.63, 3.8) is 0 Å². The lowest BCUT2D eigenvalue weighted by Gasteiger charge is -2.37. The van der Waals surface area contributed by atoms with Crippen molar-refractivity contribution in [2.24, 2.45) is 5.92 Å². The number of amides is 1. The van der Waals surface area contributed by atoms with E-state index < -0.39 is 0 Å². The van der Waals surface area contributed by atoms with E-state index >= 15 is 0 Å². The largest absolute Gasteiger partial charge is 0.377 e. The van der Waals surface area contributed by atoms with Gasteiger partial charge in [0.25, 0.3) is 5.91 Å². The first-order valence-electron chi connectivity index (χ1n) is 9.54. The first kappa shape index (κ1) is 17.3. The second-order valence-electron chi connectivity index (χ2n) is 7.22. The van der Waals surface area contributed by atoms with Crippen molar-refractivity contribution in [3.05, 3.63) is 63.4 Å². The van der Waals surface area contributed by atoms with Gasteiger partial charge in [-0.2, -0.15) is 0 Å². The molecule has 2 aliphatic rings. The molecule has 3 atom stereocenters. The average Bonchev–Trinajstić information content (AvgIpc) is 3.31. The molecule has 1 aromatic heterocycles. The van der Waals surface area contributed by atoms with E-state index in [9.17, 15) is 4.79 Å². The molecular formula is C22H26N2OS. The summed E-state index contributed by atoms with van der Waals surface area (Å²) in [6, 6.07) is 8.76. The molecule has 1 amide bonds. The van der Waals surface area contributed by atoms with Crippen LogP contribution in [0.3, 0.4) is 0 Å². The molecule has 0 fully saturated rings. The maximum atomic E-state index is 12.8. The summed E-state index contributed by atoms with van der Waals surface area (Å²) in [5.74, 6) is 1.05. The molecule has 1 aliphatic heterocycles. The number of nitrogens with zero attached hydrogens (tertiary/aromatic N) is 1. The molecule has 2 aromatic rings. The first-order valence-corrected chi connectivity index (χ1v) is 10.4. The van der Waals surface area contributed by atoms with E-state index in [0.29, 0.717) is 17.9 Å². The zero-order valence-corrected chi connectivity index (χ0v) is 16.5. The Morgan fingerprint density at radius 1 is 1.27 bits per heavy atom. The van der Waals surface area contributed by atoms with Crippen molar-refractivity contribution < 1.29 is 4.79 Å². The minimum Gasteiger partial charge on any atom is -0.377 e. The number of nitrogens with one attached hydrogen (secondary N) is 1. The second kappa shape index (κ2) is 6.92. The molecule has 0 saturated heterocycles.